The number of alkyl halides is 3. The summed E-state index contributed by atoms with van der Waals surface area (Å²) in [6.07, 6.45) is -4.13. The van der Waals surface area contributed by atoms with E-state index in [0.717, 1.165) is 12.1 Å². The van der Waals surface area contributed by atoms with Crippen LogP contribution in [0.5, 0.6) is 0 Å². The van der Waals surface area contributed by atoms with Gasteiger partial charge in [-0.1, -0.05) is 17.2 Å². The topological polar surface area (TPSA) is 69.1 Å². The van der Waals surface area contributed by atoms with Crippen molar-refractivity contribution >= 4 is 5.91 Å². The molecule has 0 aliphatic carbocycles. The minimum Gasteiger partial charge on any atom is -0.338 e. The molecule has 1 fully saturated rings. The van der Waals surface area contributed by atoms with E-state index in [1.54, 1.807) is 6.07 Å². The Morgan fingerprint density at radius 2 is 2.19 bits per heavy atom. The van der Waals surface area contributed by atoms with E-state index in [4.69, 9.17) is 5.53 Å². The molecule has 0 saturated carbocycles. The highest BCUT2D eigenvalue weighted by molar-refractivity contribution is 5.78. The third kappa shape index (κ3) is 3.88. The van der Waals surface area contributed by atoms with Gasteiger partial charge < -0.3 is 4.90 Å². The van der Waals surface area contributed by atoms with Crippen molar-refractivity contribution in [1.82, 2.24) is 4.90 Å². The Morgan fingerprint density at radius 3 is 2.86 bits per heavy atom. The Kier molecular flexibility index (Phi) is 4.37. The lowest BCUT2D eigenvalue weighted by atomic mass is 10.1. The molecule has 0 bridgehead atoms. The van der Waals surface area contributed by atoms with Gasteiger partial charge >= 0.3 is 6.18 Å². The number of likely N-dealkylation sites (tertiary alicyclic amines) is 1. The Morgan fingerprint density at radius 1 is 1.43 bits per heavy atom. The van der Waals surface area contributed by atoms with Crippen LogP contribution in [0.25, 0.3) is 10.4 Å². The highest BCUT2D eigenvalue weighted by Gasteiger charge is 2.32. The summed E-state index contributed by atoms with van der Waals surface area (Å²) in [6, 6.07) is 4.94. The molecule has 112 valence electrons. The Balaban J connectivity index is 2.05. The van der Waals surface area contributed by atoms with E-state index >= 15 is 0 Å². The molecule has 2 rings (SSSR count). The smallest absolute Gasteiger partial charge is 0.338 e. The zero-order valence-electron chi connectivity index (χ0n) is 11.0. The summed E-state index contributed by atoms with van der Waals surface area (Å²) < 4.78 is 37.9. The predicted molar refractivity (Wildman–Crippen MR) is 69.0 cm³/mol. The molecule has 1 unspecified atom stereocenters. The average molecular weight is 298 g/mol. The van der Waals surface area contributed by atoms with Gasteiger partial charge in [0.25, 0.3) is 0 Å². The molecule has 1 heterocycles. The lowest BCUT2D eigenvalue weighted by Gasteiger charge is -2.17. The van der Waals surface area contributed by atoms with Crippen LogP contribution >= 0.6 is 0 Å². The fourth-order valence-corrected chi connectivity index (χ4v) is 2.35. The van der Waals surface area contributed by atoms with E-state index in [0.29, 0.717) is 12.1 Å². The van der Waals surface area contributed by atoms with E-state index in [9.17, 15) is 18.0 Å². The van der Waals surface area contributed by atoms with Gasteiger partial charge in [0.05, 0.1) is 5.56 Å². The fraction of sp³-hybridized carbons (Fsp3) is 0.462. The van der Waals surface area contributed by atoms with Crippen molar-refractivity contribution in [2.45, 2.75) is 19.1 Å². The van der Waals surface area contributed by atoms with Gasteiger partial charge in [-0.25, -0.2) is 0 Å². The van der Waals surface area contributed by atoms with Crippen LogP contribution in [0.1, 0.15) is 17.5 Å². The molecular formula is C13H13F3N4O. The number of azide groups is 1. The number of rotatable bonds is 4. The van der Waals surface area contributed by atoms with Crippen molar-refractivity contribution in [2.75, 3.05) is 13.1 Å². The summed E-state index contributed by atoms with van der Waals surface area (Å²) >= 11 is 0. The van der Waals surface area contributed by atoms with E-state index in [2.05, 4.69) is 10.0 Å². The molecule has 1 aliphatic heterocycles. The van der Waals surface area contributed by atoms with Crippen LogP contribution < -0.4 is 0 Å². The lowest BCUT2D eigenvalue weighted by Crippen LogP contribution is -2.25. The molecule has 8 heteroatoms. The van der Waals surface area contributed by atoms with Crippen LogP contribution in [-0.4, -0.2) is 23.9 Å². The first-order valence-electron chi connectivity index (χ1n) is 6.35. The maximum Gasteiger partial charge on any atom is 0.416 e. The molecule has 1 aliphatic rings. The van der Waals surface area contributed by atoms with Crippen molar-refractivity contribution in [1.29, 1.82) is 0 Å². The largest absolute Gasteiger partial charge is 0.416 e. The second-order valence-electron chi connectivity index (χ2n) is 4.96. The molecule has 1 aromatic rings. The first kappa shape index (κ1) is 15.2. The summed E-state index contributed by atoms with van der Waals surface area (Å²) in [5.74, 6) is -0.204. The molecule has 0 N–H and O–H groups in total. The number of carbonyl (C=O) groups excluding carboxylic acids is 1. The molecule has 0 radical (unpaired) electrons. The Labute approximate surface area is 119 Å². The van der Waals surface area contributed by atoms with Crippen molar-refractivity contribution in [2.24, 2.45) is 11.0 Å². The van der Waals surface area contributed by atoms with Crippen LogP contribution in [0.4, 0.5) is 13.2 Å². The highest BCUT2D eigenvalue weighted by atomic mass is 19.4. The summed E-state index contributed by atoms with van der Waals surface area (Å²) in [6.45, 7) is 0.755. The van der Waals surface area contributed by atoms with E-state index in [1.807, 2.05) is 0 Å². The summed E-state index contributed by atoms with van der Waals surface area (Å²) in [5.41, 5.74) is 7.96. The predicted octanol–water partition coefficient (Wildman–Crippen LogP) is 3.36. The first-order chi connectivity index (χ1) is 9.90. The molecule has 1 aromatic carbocycles. The average Bonchev–Trinajstić information content (AvgIpc) is 2.76. The van der Waals surface area contributed by atoms with Gasteiger partial charge in [0.15, 0.2) is 0 Å². The van der Waals surface area contributed by atoms with E-state index in [1.165, 1.54) is 11.0 Å². The fourth-order valence-electron chi connectivity index (χ4n) is 2.35. The number of benzene rings is 1. The normalized spacial score (nSPS) is 18.7. The molecule has 1 saturated heterocycles. The number of amides is 1. The van der Waals surface area contributed by atoms with Gasteiger partial charge in [-0.15, -0.1) is 0 Å². The van der Waals surface area contributed by atoms with Crippen LogP contribution in [0, 0.1) is 5.92 Å². The van der Waals surface area contributed by atoms with Gasteiger partial charge in [-0.3, -0.25) is 4.79 Å². The van der Waals surface area contributed by atoms with Crippen LogP contribution in [0.3, 0.4) is 0 Å². The highest BCUT2D eigenvalue weighted by Crippen LogP contribution is 2.30. The quantitative estimate of drug-likeness (QED) is 0.477. The number of carbonyl (C=O) groups is 1. The van der Waals surface area contributed by atoms with Gasteiger partial charge in [-0.05, 0) is 29.1 Å². The molecule has 0 spiro atoms. The standard InChI is InChI=1S/C13H13F3N4O/c14-13(15,16)11-3-1-2-9(4-11)7-20-8-10(5-12(20)21)6-18-19-17/h1-4,10H,5-8H2. The van der Waals surface area contributed by atoms with Gasteiger partial charge in [0.2, 0.25) is 5.91 Å². The SMILES string of the molecule is [N-]=[N+]=NCC1CC(=O)N(Cc2cccc(C(F)(F)F)c2)C1. The van der Waals surface area contributed by atoms with Crippen molar-refractivity contribution in [3.63, 3.8) is 0 Å². The zero-order valence-corrected chi connectivity index (χ0v) is 11.0. The molecule has 1 amide bonds. The van der Waals surface area contributed by atoms with Crippen LogP contribution in [0.2, 0.25) is 0 Å². The van der Waals surface area contributed by atoms with Crippen molar-refractivity contribution in [3.05, 3.63) is 45.8 Å². The Bertz CT molecular complexity index is 581. The van der Waals surface area contributed by atoms with Gasteiger partial charge in [0.1, 0.15) is 0 Å². The molecule has 21 heavy (non-hydrogen) atoms. The van der Waals surface area contributed by atoms with Gasteiger partial charge in [0, 0.05) is 31.0 Å². The maximum absolute atomic E-state index is 12.6. The van der Waals surface area contributed by atoms with Crippen LogP contribution in [-0.2, 0) is 17.5 Å². The van der Waals surface area contributed by atoms with Crippen molar-refractivity contribution < 1.29 is 18.0 Å². The lowest BCUT2D eigenvalue weighted by molar-refractivity contribution is -0.137. The second-order valence-corrected chi connectivity index (χ2v) is 4.96. The maximum atomic E-state index is 12.6. The summed E-state index contributed by atoms with van der Waals surface area (Å²) in [5, 5.41) is 3.43. The number of nitrogens with zero attached hydrogens (tertiary/aromatic N) is 4. The summed E-state index contributed by atoms with van der Waals surface area (Å²) in [4.78, 5) is 15.9. The van der Waals surface area contributed by atoms with E-state index in [-0.39, 0.29) is 31.3 Å². The molecule has 0 aromatic heterocycles. The monoisotopic (exact) mass is 298 g/mol. The third-order valence-electron chi connectivity index (χ3n) is 3.33. The van der Waals surface area contributed by atoms with Crippen molar-refractivity contribution in [3.8, 4) is 0 Å². The minimum atomic E-state index is -4.39. The molecular weight excluding hydrogens is 285 g/mol. The van der Waals surface area contributed by atoms with E-state index < -0.39 is 11.7 Å². The second kappa shape index (κ2) is 6.05. The molecule has 5 nitrogen and oxygen atoms in total. The third-order valence-corrected chi connectivity index (χ3v) is 3.33. The first-order valence-corrected chi connectivity index (χ1v) is 6.35. The number of hydrogen-bond acceptors (Lipinski definition) is 2. The summed E-state index contributed by atoms with van der Waals surface area (Å²) in [7, 11) is 0. The minimum absolute atomic E-state index is 0.0702. The number of halogens is 3. The van der Waals surface area contributed by atoms with Crippen LogP contribution in [0.15, 0.2) is 29.4 Å². The zero-order chi connectivity index (χ0) is 15.5. The molecule has 1 atom stereocenters. The number of hydrogen-bond donors (Lipinski definition) is 0. The Hall–Kier alpha value is -2.21. The van der Waals surface area contributed by atoms with Gasteiger partial charge in [-0.2, -0.15) is 13.2 Å².